The van der Waals surface area contributed by atoms with Gasteiger partial charge in [-0.25, -0.2) is 4.79 Å². The number of amides is 2. The van der Waals surface area contributed by atoms with Crippen LogP contribution < -0.4 is 5.32 Å². The first-order valence-electron chi connectivity index (χ1n) is 13.0. The third-order valence-electron chi connectivity index (χ3n) is 6.99. The Balaban J connectivity index is 3.07. The molecule has 0 aliphatic carbocycles. The van der Waals surface area contributed by atoms with Crippen LogP contribution in [-0.2, 0) is 19.1 Å². The van der Waals surface area contributed by atoms with Crippen LogP contribution in [0.1, 0.15) is 81.6 Å². The van der Waals surface area contributed by atoms with Crippen molar-refractivity contribution in [3.05, 3.63) is 11.6 Å². The van der Waals surface area contributed by atoms with Crippen molar-refractivity contribution >= 4 is 17.8 Å². The predicted octanol–water partition coefficient (Wildman–Crippen LogP) is 4.02. The van der Waals surface area contributed by atoms with Crippen LogP contribution in [0.2, 0.25) is 0 Å². The molecule has 2 amide bonds. The van der Waals surface area contributed by atoms with Gasteiger partial charge in [0.25, 0.3) is 0 Å². The maximum Gasteiger partial charge on any atom is 0.333 e. The van der Waals surface area contributed by atoms with Crippen molar-refractivity contribution in [2.75, 3.05) is 20.2 Å². The minimum absolute atomic E-state index is 0.0666. The van der Waals surface area contributed by atoms with Gasteiger partial charge in [-0.05, 0) is 58.3 Å². The molecule has 1 fully saturated rings. The van der Waals surface area contributed by atoms with Crippen LogP contribution in [0.4, 0.5) is 0 Å². The molecular formula is C27H49N3O4. The van der Waals surface area contributed by atoms with Crippen LogP contribution in [-0.4, -0.2) is 72.0 Å². The van der Waals surface area contributed by atoms with E-state index in [0.29, 0.717) is 18.1 Å². The summed E-state index contributed by atoms with van der Waals surface area (Å²) in [6.45, 7) is 19.1. The molecule has 0 aromatic carbocycles. The summed E-state index contributed by atoms with van der Waals surface area (Å²) in [5, 5.41) is 3.09. The fourth-order valence-electron chi connectivity index (χ4n) is 4.71. The zero-order valence-corrected chi connectivity index (χ0v) is 23.2. The Morgan fingerprint density at radius 2 is 1.68 bits per heavy atom. The highest BCUT2D eigenvalue weighted by Crippen LogP contribution is 2.26. The Labute approximate surface area is 207 Å². The predicted molar refractivity (Wildman–Crippen MR) is 137 cm³/mol. The molecule has 1 saturated heterocycles. The molecule has 4 atom stereocenters. The Bertz CT molecular complexity index is 717. The number of carbonyl (C=O) groups is 3. The summed E-state index contributed by atoms with van der Waals surface area (Å²) in [6.07, 6.45) is 4.76. The number of rotatable bonds is 11. The molecule has 0 saturated carbocycles. The number of likely N-dealkylation sites (tertiary alicyclic amines) is 1. The van der Waals surface area contributed by atoms with E-state index < -0.39 is 6.04 Å². The Kier molecular flexibility index (Phi) is 12.3. The smallest absolute Gasteiger partial charge is 0.333 e. The summed E-state index contributed by atoms with van der Waals surface area (Å²) in [4.78, 5) is 43.1. The van der Waals surface area contributed by atoms with Crippen LogP contribution in [0.3, 0.4) is 0 Å². The lowest BCUT2D eigenvalue weighted by Crippen LogP contribution is -2.59. The highest BCUT2D eigenvalue weighted by atomic mass is 16.5. The zero-order chi connectivity index (χ0) is 26.2. The van der Waals surface area contributed by atoms with Gasteiger partial charge in [-0.1, -0.05) is 47.1 Å². The van der Waals surface area contributed by atoms with Gasteiger partial charge >= 0.3 is 5.97 Å². The zero-order valence-electron chi connectivity index (χ0n) is 23.2. The summed E-state index contributed by atoms with van der Waals surface area (Å²) in [5.41, 5.74) is 0.477. The van der Waals surface area contributed by atoms with Crippen LogP contribution in [0.25, 0.3) is 0 Å². The maximum atomic E-state index is 13.6. The first-order valence-corrected chi connectivity index (χ1v) is 13.0. The second kappa shape index (κ2) is 13.9. The van der Waals surface area contributed by atoms with E-state index in [1.54, 1.807) is 31.9 Å². The highest BCUT2D eigenvalue weighted by Gasteiger charge is 2.37. The number of hydrogen-bond donors (Lipinski definition) is 1. The average Bonchev–Trinajstić information content (AvgIpc) is 2.78. The molecular weight excluding hydrogens is 430 g/mol. The average molecular weight is 480 g/mol. The van der Waals surface area contributed by atoms with Gasteiger partial charge in [-0.15, -0.1) is 0 Å². The Morgan fingerprint density at radius 3 is 2.15 bits per heavy atom. The molecule has 7 heteroatoms. The summed E-state index contributed by atoms with van der Waals surface area (Å²) >= 11 is 0. The van der Waals surface area contributed by atoms with Gasteiger partial charge in [0.05, 0.1) is 18.7 Å². The third kappa shape index (κ3) is 8.10. The van der Waals surface area contributed by atoms with Crippen LogP contribution in [0.5, 0.6) is 0 Å². The number of ether oxygens (including phenoxy) is 1. The molecule has 196 valence electrons. The molecule has 1 aliphatic heterocycles. The van der Waals surface area contributed by atoms with Crippen LogP contribution >= 0.6 is 0 Å². The molecule has 34 heavy (non-hydrogen) atoms. The van der Waals surface area contributed by atoms with Crippen molar-refractivity contribution in [1.29, 1.82) is 0 Å². The Morgan fingerprint density at radius 1 is 1.06 bits per heavy atom. The molecule has 1 aliphatic rings. The molecule has 1 rings (SSSR count). The quantitative estimate of drug-likeness (QED) is 0.358. The summed E-state index contributed by atoms with van der Waals surface area (Å²) in [6, 6.07) is -0.869. The van der Waals surface area contributed by atoms with Gasteiger partial charge < -0.3 is 15.0 Å². The van der Waals surface area contributed by atoms with Crippen molar-refractivity contribution in [1.82, 2.24) is 15.1 Å². The fraction of sp³-hybridized carbons (Fsp3) is 0.815. The minimum atomic E-state index is -0.632. The van der Waals surface area contributed by atoms with Crippen molar-refractivity contribution < 1.29 is 19.1 Å². The van der Waals surface area contributed by atoms with E-state index in [1.165, 1.54) is 0 Å². The van der Waals surface area contributed by atoms with Gasteiger partial charge in [-0.3, -0.25) is 14.5 Å². The molecule has 7 nitrogen and oxygen atoms in total. The third-order valence-corrected chi connectivity index (χ3v) is 6.99. The maximum absolute atomic E-state index is 13.6. The van der Waals surface area contributed by atoms with E-state index in [2.05, 4.69) is 31.0 Å². The first-order chi connectivity index (χ1) is 15.8. The number of hydrogen-bond acceptors (Lipinski definition) is 5. The lowest BCUT2D eigenvalue weighted by Gasteiger charge is -2.42. The monoisotopic (exact) mass is 479 g/mol. The number of nitrogens with zero attached hydrogens (tertiary/aromatic N) is 2. The number of carbonyl (C=O) groups excluding carboxylic acids is 3. The second-order valence-electron chi connectivity index (χ2n) is 10.6. The molecule has 0 aromatic rings. The van der Waals surface area contributed by atoms with E-state index >= 15 is 0 Å². The topological polar surface area (TPSA) is 79.0 Å². The normalized spacial score (nSPS) is 21.5. The van der Waals surface area contributed by atoms with Gasteiger partial charge in [0, 0.05) is 25.2 Å². The number of esters is 1. The summed E-state index contributed by atoms with van der Waals surface area (Å²) in [7, 11) is 1.75. The Hall–Kier alpha value is -1.89. The summed E-state index contributed by atoms with van der Waals surface area (Å²) < 4.78 is 5.10. The first kappa shape index (κ1) is 30.1. The molecule has 2 unspecified atom stereocenters. The van der Waals surface area contributed by atoms with E-state index in [9.17, 15) is 14.4 Å². The van der Waals surface area contributed by atoms with E-state index in [1.807, 2.05) is 27.7 Å². The van der Waals surface area contributed by atoms with E-state index in [0.717, 1.165) is 25.8 Å². The van der Waals surface area contributed by atoms with Gasteiger partial charge in [0.15, 0.2) is 0 Å². The molecule has 1 heterocycles. The van der Waals surface area contributed by atoms with E-state index in [-0.39, 0.29) is 47.7 Å². The molecule has 1 N–H and O–H groups in total. The van der Waals surface area contributed by atoms with Crippen molar-refractivity contribution in [2.45, 2.75) is 106 Å². The van der Waals surface area contributed by atoms with Crippen molar-refractivity contribution in [2.24, 2.45) is 17.8 Å². The van der Waals surface area contributed by atoms with Gasteiger partial charge in [0.2, 0.25) is 11.8 Å². The standard InChI is InChI=1S/C27H49N3O4/c1-11-21-13-14-22(30(16-21)19(7)8)25(31)28-24(18(5)6)26(32)29(10)23(17(3)4)15-20(9)27(33)34-12-2/h15,17-19,21-24H,11-14,16H2,1-10H3,(H,28,31)/b20-15+/t21-,22?,23+,24?/m0/s1. The summed E-state index contributed by atoms with van der Waals surface area (Å²) in [5.74, 6) is 0.0424. The minimum Gasteiger partial charge on any atom is -0.463 e. The van der Waals surface area contributed by atoms with Crippen molar-refractivity contribution in [3.8, 4) is 0 Å². The van der Waals surface area contributed by atoms with Gasteiger partial charge in [-0.2, -0.15) is 0 Å². The lowest BCUT2D eigenvalue weighted by atomic mass is 9.89. The largest absolute Gasteiger partial charge is 0.463 e. The molecule has 0 radical (unpaired) electrons. The van der Waals surface area contributed by atoms with Crippen molar-refractivity contribution in [3.63, 3.8) is 0 Å². The molecule has 0 spiro atoms. The highest BCUT2D eigenvalue weighted by molar-refractivity contribution is 5.91. The molecule has 0 aromatic heterocycles. The lowest BCUT2D eigenvalue weighted by molar-refractivity contribution is -0.141. The number of piperidine rings is 1. The SMILES string of the molecule is CCOC(=O)/C(C)=C/[C@H](C(C)C)N(C)C(=O)C(NC(=O)C1CC[C@H](CC)CN1C(C)C)C(C)C. The van der Waals surface area contributed by atoms with Crippen LogP contribution in [0.15, 0.2) is 11.6 Å². The number of nitrogens with one attached hydrogen (secondary N) is 1. The van der Waals surface area contributed by atoms with E-state index in [4.69, 9.17) is 4.74 Å². The fourth-order valence-corrected chi connectivity index (χ4v) is 4.71. The number of likely N-dealkylation sites (N-methyl/N-ethyl adjacent to an activating group) is 1. The van der Waals surface area contributed by atoms with Crippen LogP contribution in [0, 0.1) is 17.8 Å². The molecule has 0 bridgehead atoms. The second-order valence-corrected chi connectivity index (χ2v) is 10.6. The van der Waals surface area contributed by atoms with Gasteiger partial charge in [0.1, 0.15) is 6.04 Å².